The summed E-state index contributed by atoms with van der Waals surface area (Å²) in [5, 5.41) is 21.3. The number of carbonyl (C=O) groups excluding carboxylic acids is 1. The highest BCUT2D eigenvalue weighted by Gasteiger charge is 2.33. The van der Waals surface area contributed by atoms with E-state index in [9.17, 15) is 15.0 Å². The van der Waals surface area contributed by atoms with Gasteiger partial charge in [-0.3, -0.25) is 0 Å². The summed E-state index contributed by atoms with van der Waals surface area (Å²) in [7, 11) is 1.45. The van der Waals surface area contributed by atoms with Gasteiger partial charge in [-0.2, -0.15) is 0 Å². The van der Waals surface area contributed by atoms with Gasteiger partial charge in [0.05, 0.1) is 24.3 Å². The Kier molecular flexibility index (Phi) is 6.51. The van der Waals surface area contributed by atoms with Gasteiger partial charge in [-0.25, -0.2) is 9.79 Å². The summed E-state index contributed by atoms with van der Waals surface area (Å²) in [5.74, 6) is -0.584. The van der Waals surface area contributed by atoms with Crippen LogP contribution in [-0.4, -0.2) is 34.9 Å². The van der Waals surface area contributed by atoms with Crippen LogP contribution in [0.15, 0.2) is 63.7 Å². The molecular weight excluding hydrogens is 414 g/mol. The van der Waals surface area contributed by atoms with Crippen molar-refractivity contribution in [1.29, 1.82) is 0 Å². The fourth-order valence-electron chi connectivity index (χ4n) is 2.59. The molecule has 1 heterocycles. The Morgan fingerprint density at radius 1 is 1.24 bits per heavy atom. The first-order chi connectivity index (χ1) is 13.9. The number of ether oxygens (including phenoxy) is 2. The lowest BCUT2D eigenvalue weighted by Gasteiger charge is -2.04. The predicted molar refractivity (Wildman–Crippen MR) is 115 cm³/mol. The molecule has 0 fully saturated rings. The van der Waals surface area contributed by atoms with Crippen LogP contribution in [0.4, 0.5) is 5.69 Å². The molecule has 0 aliphatic carbocycles. The lowest BCUT2D eigenvalue weighted by molar-refractivity contribution is -0.138. The highest BCUT2D eigenvalue weighted by Crippen LogP contribution is 2.41. The monoisotopic (exact) mass is 431 g/mol. The zero-order valence-electron chi connectivity index (χ0n) is 15.7. The number of halogens is 1. The molecule has 0 atom stereocenters. The highest BCUT2D eigenvalue weighted by atomic mass is 35.5. The molecule has 0 saturated heterocycles. The number of hydrogen-bond donors (Lipinski definition) is 2. The summed E-state index contributed by atoms with van der Waals surface area (Å²) >= 11 is 7.15. The van der Waals surface area contributed by atoms with Crippen LogP contribution >= 0.6 is 23.4 Å². The summed E-state index contributed by atoms with van der Waals surface area (Å²) in [6.45, 7) is 1.85. The lowest BCUT2D eigenvalue weighted by Crippen LogP contribution is -2.12. The van der Waals surface area contributed by atoms with E-state index in [2.05, 4.69) is 4.99 Å². The molecule has 2 N–H and O–H groups in total. The number of phenolic OH excluding ortho intramolecular Hbond substituents is 1. The van der Waals surface area contributed by atoms with Crippen LogP contribution in [0, 0.1) is 0 Å². The molecule has 0 saturated carbocycles. The summed E-state index contributed by atoms with van der Waals surface area (Å²) in [6.07, 6.45) is 1.67. The summed E-state index contributed by atoms with van der Waals surface area (Å²) in [4.78, 5) is 17.3. The maximum absolute atomic E-state index is 12.4. The van der Waals surface area contributed by atoms with Gasteiger partial charge >= 0.3 is 5.97 Å². The Morgan fingerprint density at radius 2 is 2.03 bits per heavy atom. The van der Waals surface area contributed by atoms with E-state index in [0.29, 0.717) is 32.0 Å². The molecular formula is C21H18ClNO5S. The summed E-state index contributed by atoms with van der Waals surface area (Å²) < 4.78 is 10.2. The molecule has 0 radical (unpaired) electrons. The van der Waals surface area contributed by atoms with Crippen molar-refractivity contribution in [2.24, 2.45) is 4.99 Å². The van der Waals surface area contributed by atoms with Crippen molar-refractivity contribution in [1.82, 2.24) is 0 Å². The molecule has 6 nitrogen and oxygen atoms in total. The largest absolute Gasteiger partial charge is 0.506 e. The van der Waals surface area contributed by atoms with Crippen molar-refractivity contribution in [3.63, 3.8) is 0 Å². The van der Waals surface area contributed by atoms with Crippen molar-refractivity contribution in [2.45, 2.75) is 6.92 Å². The number of aliphatic hydroxyl groups is 1. The minimum Gasteiger partial charge on any atom is -0.506 e. The predicted octanol–water partition coefficient (Wildman–Crippen LogP) is 5.25. The molecule has 0 unspecified atom stereocenters. The van der Waals surface area contributed by atoms with Gasteiger partial charge in [0.25, 0.3) is 0 Å². The summed E-state index contributed by atoms with van der Waals surface area (Å²) in [5.41, 5.74) is 1.21. The molecule has 8 heteroatoms. The number of phenols is 1. The number of thioether (sulfide) groups is 1. The number of aromatic hydroxyl groups is 1. The van der Waals surface area contributed by atoms with Gasteiger partial charge in [0, 0.05) is 5.02 Å². The second-order valence-electron chi connectivity index (χ2n) is 5.88. The molecule has 1 aliphatic rings. The van der Waals surface area contributed by atoms with Gasteiger partial charge < -0.3 is 19.7 Å². The van der Waals surface area contributed by atoms with E-state index in [-0.39, 0.29) is 23.7 Å². The van der Waals surface area contributed by atoms with E-state index in [1.54, 1.807) is 49.4 Å². The molecule has 0 spiro atoms. The third-order valence-corrected chi connectivity index (χ3v) is 5.17. The van der Waals surface area contributed by atoms with Crippen molar-refractivity contribution >= 4 is 46.1 Å². The highest BCUT2D eigenvalue weighted by molar-refractivity contribution is 8.18. The Hall–Kier alpha value is -2.90. The minimum atomic E-state index is -0.662. The van der Waals surface area contributed by atoms with Crippen LogP contribution in [-0.2, 0) is 9.53 Å². The third-order valence-electron chi connectivity index (χ3n) is 3.91. The standard InChI is InChI=1S/C21H18ClNO5S/c1-3-28-21(26)18-19(25)17(10-12-7-8-15(24)16(9-12)27-2)29-20(18)23-14-6-4-5-13(22)11-14/h4-11,24-25H,3H2,1-2H3/b17-10-,23-20?. The van der Waals surface area contributed by atoms with Gasteiger partial charge in [0.15, 0.2) is 11.5 Å². The number of benzene rings is 2. The van der Waals surface area contributed by atoms with Crippen LogP contribution in [0.5, 0.6) is 11.5 Å². The number of aliphatic imine (C=N–C) groups is 1. The van der Waals surface area contributed by atoms with Crippen LogP contribution in [0.2, 0.25) is 5.02 Å². The molecule has 2 aromatic rings. The zero-order valence-corrected chi connectivity index (χ0v) is 17.3. The Balaban J connectivity index is 2.05. The molecule has 1 aliphatic heterocycles. The average Bonchev–Trinajstić information content (AvgIpc) is 2.98. The first-order valence-corrected chi connectivity index (χ1v) is 9.84. The van der Waals surface area contributed by atoms with E-state index >= 15 is 0 Å². The molecule has 150 valence electrons. The zero-order chi connectivity index (χ0) is 21.0. The van der Waals surface area contributed by atoms with Gasteiger partial charge in [0.2, 0.25) is 0 Å². The first-order valence-electron chi connectivity index (χ1n) is 8.64. The number of rotatable bonds is 5. The Labute approximate surface area is 177 Å². The SMILES string of the molecule is CCOC(=O)C1=C(O)/C(=C/c2ccc(O)c(OC)c2)SC1=Nc1cccc(Cl)c1. The minimum absolute atomic E-state index is 0.00362. The average molecular weight is 432 g/mol. The van der Waals surface area contributed by atoms with Crippen LogP contribution < -0.4 is 4.74 Å². The van der Waals surface area contributed by atoms with Crippen molar-refractivity contribution in [3.05, 3.63) is 69.3 Å². The first kappa shape index (κ1) is 20.8. The molecule has 0 aromatic heterocycles. The number of aliphatic hydroxyl groups excluding tert-OH is 1. The van der Waals surface area contributed by atoms with E-state index in [0.717, 1.165) is 11.8 Å². The fraction of sp³-hybridized carbons (Fsp3) is 0.143. The van der Waals surface area contributed by atoms with Gasteiger partial charge in [0.1, 0.15) is 16.4 Å². The van der Waals surface area contributed by atoms with Crippen molar-refractivity contribution in [3.8, 4) is 11.5 Å². The van der Waals surface area contributed by atoms with Crippen molar-refractivity contribution in [2.75, 3.05) is 13.7 Å². The number of carbonyl (C=O) groups is 1. The molecule has 0 amide bonds. The van der Waals surface area contributed by atoms with Crippen LogP contribution in [0.1, 0.15) is 12.5 Å². The van der Waals surface area contributed by atoms with Gasteiger partial charge in [-0.1, -0.05) is 35.5 Å². The number of hydrogen-bond acceptors (Lipinski definition) is 7. The number of nitrogens with zero attached hydrogens (tertiary/aromatic N) is 1. The lowest BCUT2D eigenvalue weighted by atomic mass is 10.1. The molecule has 3 rings (SSSR count). The Bertz CT molecular complexity index is 1050. The van der Waals surface area contributed by atoms with E-state index in [4.69, 9.17) is 21.1 Å². The third kappa shape index (κ3) is 4.75. The Morgan fingerprint density at radius 3 is 2.72 bits per heavy atom. The smallest absolute Gasteiger partial charge is 0.344 e. The van der Waals surface area contributed by atoms with E-state index in [1.165, 1.54) is 13.2 Å². The molecule has 0 bridgehead atoms. The quantitative estimate of drug-likeness (QED) is 0.629. The number of methoxy groups -OCH3 is 1. The van der Waals surface area contributed by atoms with Gasteiger partial charge in [-0.15, -0.1) is 0 Å². The van der Waals surface area contributed by atoms with E-state index < -0.39 is 5.97 Å². The molecule has 2 aromatic carbocycles. The maximum Gasteiger partial charge on any atom is 0.344 e. The number of esters is 1. The van der Waals surface area contributed by atoms with Gasteiger partial charge in [-0.05, 0) is 48.9 Å². The van der Waals surface area contributed by atoms with Crippen LogP contribution in [0.25, 0.3) is 6.08 Å². The molecule has 29 heavy (non-hydrogen) atoms. The van der Waals surface area contributed by atoms with E-state index in [1.807, 2.05) is 0 Å². The topological polar surface area (TPSA) is 88.4 Å². The summed E-state index contributed by atoms with van der Waals surface area (Å²) in [6, 6.07) is 11.6. The normalized spacial score (nSPS) is 16.5. The maximum atomic E-state index is 12.4. The van der Waals surface area contributed by atoms with Crippen LogP contribution in [0.3, 0.4) is 0 Å². The van der Waals surface area contributed by atoms with Crippen molar-refractivity contribution < 1.29 is 24.5 Å². The second kappa shape index (κ2) is 9.07. The fourth-order valence-corrected chi connectivity index (χ4v) is 3.81. The second-order valence-corrected chi connectivity index (χ2v) is 7.35.